The molecule has 0 atom stereocenters. The van der Waals surface area contributed by atoms with Crippen LogP contribution in [0.25, 0.3) is 0 Å². The van der Waals surface area contributed by atoms with Crippen LogP contribution < -0.4 is 0 Å². The molecule has 1 heterocycles. The second-order valence-electron chi connectivity index (χ2n) is 2.64. The first-order chi connectivity index (χ1) is 5.25. The van der Waals surface area contributed by atoms with Crippen LogP contribution >= 0.6 is 15.9 Å². The molecule has 1 aliphatic rings. The van der Waals surface area contributed by atoms with E-state index >= 15 is 0 Å². The van der Waals surface area contributed by atoms with E-state index in [2.05, 4.69) is 15.9 Å². The highest BCUT2D eigenvalue weighted by Crippen LogP contribution is 2.14. The first-order valence-corrected chi connectivity index (χ1v) is 4.66. The van der Waals surface area contributed by atoms with Crippen LogP contribution in [0.3, 0.4) is 0 Å². The Morgan fingerprint density at radius 3 is 2.45 bits per heavy atom. The quantitative estimate of drug-likeness (QED) is 0.615. The van der Waals surface area contributed by atoms with E-state index in [1.807, 2.05) is 11.8 Å². The van der Waals surface area contributed by atoms with E-state index in [0.717, 1.165) is 25.9 Å². The zero-order valence-corrected chi connectivity index (χ0v) is 8.23. The molecule has 1 amide bonds. The molecule has 11 heavy (non-hydrogen) atoms. The summed E-state index contributed by atoms with van der Waals surface area (Å²) in [5.74, 6) is 0.130. The number of amides is 1. The average Bonchev–Trinajstić information content (AvgIpc) is 2.53. The zero-order valence-electron chi connectivity index (χ0n) is 6.64. The molecule has 0 aromatic rings. The van der Waals surface area contributed by atoms with Gasteiger partial charge in [-0.15, -0.1) is 0 Å². The maximum absolute atomic E-state index is 11.4. The molecule has 0 spiro atoms. The van der Waals surface area contributed by atoms with E-state index in [-0.39, 0.29) is 5.91 Å². The SMILES string of the molecule is C/C=C(\Br)C(=O)N1CCCC1. The fourth-order valence-electron chi connectivity index (χ4n) is 1.19. The Balaban J connectivity index is 2.53. The summed E-state index contributed by atoms with van der Waals surface area (Å²) in [4.78, 5) is 13.3. The second kappa shape index (κ2) is 3.90. The van der Waals surface area contributed by atoms with Crippen LogP contribution in [-0.2, 0) is 4.79 Å². The van der Waals surface area contributed by atoms with Crippen LogP contribution in [0.15, 0.2) is 10.6 Å². The molecule has 0 N–H and O–H groups in total. The Morgan fingerprint density at radius 2 is 2.00 bits per heavy atom. The minimum atomic E-state index is 0.130. The molecular weight excluding hydrogens is 206 g/mol. The molecule has 0 saturated carbocycles. The standard InChI is InChI=1S/C8H12BrNO/c1-2-7(9)8(11)10-5-3-4-6-10/h2H,3-6H2,1H3/b7-2-. The predicted octanol–water partition coefficient (Wildman–Crippen LogP) is 1.91. The summed E-state index contributed by atoms with van der Waals surface area (Å²) in [6.07, 6.45) is 4.09. The van der Waals surface area contributed by atoms with Gasteiger partial charge in [-0.2, -0.15) is 0 Å². The molecule has 0 aromatic heterocycles. The second-order valence-corrected chi connectivity index (χ2v) is 3.49. The molecule has 0 aromatic carbocycles. The van der Waals surface area contributed by atoms with Crippen LogP contribution in [0.2, 0.25) is 0 Å². The Kier molecular flexibility index (Phi) is 3.12. The molecule has 0 bridgehead atoms. The summed E-state index contributed by atoms with van der Waals surface area (Å²) < 4.78 is 0.680. The Bertz CT molecular complexity index is 183. The molecule has 0 radical (unpaired) electrons. The third-order valence-electron chi connectivity index (χ3n) is 1.85. The zero-order chi connectivity index (χ0) is 8.27. The van der Waals surface area contributed by atoms with E-state index in [0.29, 0.717) is 4.48 Å². The van der Waals surface area contributed by atoms with Crippen molar-refractivity contribution >= 4 is 21.8 Å². The number of hydrogen-bond acceptors (Lipinski definition) is 1. The van der Waals surface area contributed by atoms with E-state index < -0.39 is 0 Å². The minimum absolute atomic E-state index is 0.130. The first kappa shape index (κ1) is 8.78. The summed E-state index contributed by atoms with van der Waals surface area (Å²) in [5.41, 5.74) is 0. The number of rotatable bonds is 1. The number of carbonyl (C=O) groups excluding carboxylic acids is 1. The lowest BCUT2D eigenvalue weighted by molar-refractivity contribution is -0.125. The van der Waals surface area contributed by atoms with Crippen LogP contribution in [-0.4, -0.2) is 23.9 Å². The Hall–Kier alpha value is -0.310. The summed E-state index contributed by atoms with van der Waals surface area (Å²) in [6, 6.07) is 0. The largest absolute Gasteiger partial charge is 0.338 e. The van der Waals surface area contributed by atoms with Gasteiger partial charge in [0.05, 0.1) is 4.48 Å². The number of carbonyl (C=O) groups is 1. The van der Waals surface area contributed by atoms with Gasteiger partial charge in [0.2, 0.25) is 0 Å². The summed E-state index contributed by atoms with van der Waals surface area (Å²) >= 11 is 3.22. The van der Waals surface area contributed by atoms with Crippen LogP contribution in [0, 0.1) is 0 Å². The minimum Gasteiger partial charge on any atom is -0.338 e. The van der Waals surface area contributed by atoms with Crippen LogP contribution in [0.5, 0.6) is 0 Å². The van der Waals surface area contributed by atoms with Crippen LogP contribution in [0.1, 0.15) is 19.8 Å². The van der Waals surface area contributed by atoms with Crippen molar-refractivity contribution in [3.63, 3.8) is 0 Å². The monoisotopic (exact) mass is 217 g/mol. The highest BCUT2D eigenvalue weighted by molar-refractivity contribution is 9.12. The lowest BCUT2D eigenvalue weighted by Gasteiger charge is -2.13. The van der Waals surface area contributed by atoms with Crippen molar-refractivity contribution in [1.82, 2.24) is 4.90 Å². The Morgan fingerprint density at radius 1 is 1.45 bits per heavy atom. The fourth-order valence-corrected chi connectivity index (χ4v) is 1.45. The van der Waals surface area contributed by atoms with Gasteiger partial charge in [0.25, 0.3) is 5.91 Å². The molecule has 2 nitrogen and oxygen atoms in total. The number of halogens is 1. The Labute approximate surface area is 75.4 Å². The maximum Gasteiger partial charge on any atom is 0.260 e. The summed E-state index contributed by atoms with van der Waals surface area (Å²) in [7, 11) is 0. The van der Waals surface area contributed by atoms with Gasteiger partial charge < -0.3 is 4.90 Å². The number of allylic oxidation sites excluding steroid dienone is 1. The van der Waals surface area contributed by atoms with Crippen molar-refractivity contribution in [2.45, 2.75) is 19.8 Å². The lowest BCUT2D eigenvalue weighted by atomic mass is 10.4. The van der Waals surface area contributed by atoms with Gasteiger partial charge >= 0.3 is 0 Å². The van der Waals surface area contributed by atoms with Crippen LogP contribution in [0.4, 0.5) is 0 Å². The maximum atomic E-state index is 11.4. The van der Waals surface area contributed by atoms with Gasteiger partial charge in [-0.25, -0.2) is 0 Å². The van der Waals surface area contributed by atoms with E-state index in [1.54, 1.807) is 6.08 Å². The van der Waals surface area contributed by atoms with Crippen molar-refractivity contribution < 1.29 is 4.79 Å². The highest BCUT2D eigenvalue weighted by atomic mass is 79.9. The van der Waals surface area contributed by atoms with Gasteiger partial charge in [-0.1, -0.05) is 6.08 Å². The molecule has 0 aliphatic carbocycles. The fraction of sp³-hybridized carbons (Fsp3) is 0.625. The molecule has 3 heteroatoms. The van der Waals surface area contributed by atoms with Gasteiger partial charge in [0, 0.05) is 13.1 Å². The molecule has 0 unspecified atom stereocenters. The van der Waals surface area contributed by atoms with Crippen molar-refractivity contribution in [3.8, 4) is 0 Å². The van der Waals surface area contributed by atoms with Crippen molar-refractivity contribution in [2.24, 2.45) is 0 Å². The van der Waals surface area contributed by atoms with Crippen molar-refractivity contribution in [2.75, 3.05) is 13.1 Å². The highest BCUT2D eigenvalue weighted by Gasteiger charge is 2.18. The topological polar surface area (TPSA) is 20.3 Å². The van der Waals surface area contributed by atoms with E-state index in [1.165, 1.54) is 0 Å². The third-order valence-corrected chi connectivity index (χ3v) is 2.65. The van der Waals surface area contributed by atoms with Gasteiger partial charge in [-0.3, -0.25) is 4.79 Å². The first-order valence-electron chi connectivity index (χ1n) is 3.87. The molecule has 1 rings (SSSR count). The van der Waals surface area contributed by atoms with Crippen molar-refractivity contribution in [1.29, 1.82) is 0 Å². The molecule has 1 aliphatic heterocycles. The molecule has 62 valence electrons. The van der Waals surface area contributed by atoms with Crippen molar-refractivity contribution in [3.05, 3.63) is 10.6 Å². The lowest BCUT2D eigenvalue weighted by Crippen LogP contribution is -2.27. The normalized spacial score (nSPS) is 19.1. The average molecular weight is 218 g/mol. The summed E-state index contributed by atoms with van der Waals surface area (Å²) in [5, 5.41) is 0. The molecule has 1 saturated heterocycles. The van der Waals surface area contributed by atoms with E-state index in [9.17, 15) is 4.79 Å². The van der Waals surface area contributed by atoms with Gasteiger partial charge in [0.15, 0.2) is 0 Å². The summed E-state index contributed by atoms with van der Waals surface area (Å²) in [6.45, 7) is 3.70. The van der Waals surface area contributed by atoms with Gasteiger partial charge in [-0.05, 0) is 35.7 Å². The number of likely N-dealkylation sites (tertiary alicyclic amines) is 1. The molecular formula is C8H12BrNO. The predicted molar refractivity (Wildman–Crippen MR) is 48.5 cm³/mol. The number of hydrogen-bond donors (Lipinski definition) is 0. The molecule has 1 fully saturated rings. The number of nitrogens with zero attached hydrogens (tertiary/aromatic N) is 1. The third kappa shape index (κ3) is 2.06. The van der Waals surface area contributed by atoms with E-state index in [4.69, 9.17) is 0 Å². The smallest absolute Gasteiger partial charge is 0.260 e. The van der Waals surface area contributed by atoms with Gasteiger partial charge in [0.1, 0.15) is 0 Å².